The predicted molar refractivity (Wildman–Crippen MR) is 81.5 cm³/mol. The van der Waals surface area contributed by atoms with Crippen LogP contribution in [0.3, 0.4) is 0 Å². The van der Waals surface area contributed by atoms with Crippen molar-refractivity contribution in [3.8, 4) is 0 Å². The molecule has 1 fully saturated rings. The molecule has 0 unspecified atom stereocenters. The van der Waals surface area contributed by atoms with Crippen molar-refractivity contribution in [2.24, 2.45) is 0 Å². The Balaban J connectivity index is 2.04. The van der Waals surface area contributed by atoms with Crippen LogP contribution in [-0.4, -0.2) is 35.0 Å². The van der Waals surface area contributed by atoms with E-state index in [0.29, 0.717) is 16.8 Å². The van der Waals surface area contributed by atoms with Gasteiger partial charge in [-0.1, -0.05) is 11.6 Å². The van der Waals surface area contributed by atoms with Crippen molar-refractivity contribution in [3.05, 3.63) is 33.3 Å². The van der Waals surface area contributed by atoms with Crippen LogP contribution >= 0.6 is 11.6 Å². The molecule has 1 aliphatic heterocycles. The Hall–Kier alpha value is -1.33. The number of benzene rings is 1. The lowest BCUT2D eigenvalue weighted by Gasteiger charge is -2.35. The van der Waals surface area contributed by atoms with Crippen molar-refractivity contribution in [1.82, 2.24) is 4.90 Å². The summed E-state index contributed by atoms with van der Waals surface area (Å²) in [5, 5.41) is 14.8. The van der Waals surface area contributed by atoms with E-state index in [9.17, 15) is 10.1 Å². The molecule has 0 spiro atoms. The van der Waals surface area contributed by atoms with Gasteiger partial charge in [0, 0.05) is 36.3 Å². The summed E-state index contributed by atoms with van der Waals surface area (Å²) in [5.74, 6) is 0. The molecule has 1 aromatic rings. The first kappa shape index (κ1) is 15.1. The zero-order chi connectivity index (χ0) is 14.7. The lowest BCUT2D eigenvalue weighted by atomic mass is 10.0. The molecule has 110 valence electrons. The van der Waals surface area contributed by atoms with Crippen molar-refractivity contribution in [2.75, 3.05) is 18.4 Å². The van der Waals surface area contributed by atoms with Gasteiger partial charge in [-0.2, -0.15) is 0 Å². The molecule has 1 aromatic carbocycles. The molecule has 0 amide bonds. The summed E-state index contributed by atoms with van der Waals surface area (Å²) >= 11 is 5.93. The second-order valence-corrected chi connectivity index (χ2v) is 5.90. The highest BCUT2D eigenvalue weighted by molar-refractivity contribution is 6.31. The number of anilines is 1. The molecule has 1 saturated heterocycles. The fraction of sp³-hybridized carbons (Fsp3) is 0.571. The van der Waals surface area contributed by atoms with Crippen LogP contribution in [0.4, 0.5) is 11.4 Å². The van der Waals surface area contributed by atoms with E-state index >= 15 is 0 Å². The molecule has 0 aliphatic carbocycles. The predicted octanol–water partition coefficient (Wildman–Crippen LogP) is 3.53. The highest BCUT2D eigenvalue weighted by Crippen LogP contribution is 2.29. The Kier molecular flexibility index (Phi) is 4.83. The van der Waals surface area contributed by atoms with Crippen molar-refractivity contribution in [3.63, 3.8) is 0 Å². The van der Waals surface area contributed by atoms with Gasteiger partial charge in [0.1, 0.15) is 5.69 Å². The number of hydrogen-bond acceptors (Lipinski definition) is 4. The van der Waals surface area contributed by atoms with Crippen LogP contribution in [0.15, 0.2) is 18.2 Å². The van der Waals surface area contributed by atoms with E-state index in [1.54, 1.807) is 12.1 Å². The smallest absolute Gasteiger partial charge is 0.292 e. The second kappa shape index (κ2) is 6.41. The van der Waals surface area contributed by atoms with Crippen LogP contribution in [-0.2, 0) is 0 Å². The average molecular weight is 298 g/mol. The van der Waals surface area contributed by atoms with Gasteiger partial charge in [-0.3, -0.25) is 10.1 Å². The lowest BCUT2D eigenvalue weighted by Crippen LogP contribution is -2.42. The number of rotatable bonds is 4. The lowest BCUT2D eigenvalue weighted by molar-refractivity contribution is -0.384. The fourth-order valence-electron chi connectivity index (χ4n) is 2.56. The molecule has 0 atom stereocenters. The van der Waals surface area contributed by atoms with Crippen molar-refractivity contribution in [2.45, 2.75) is 38.8 Å². The maximum Gasteiger partial charge on any atom is 0.292 e. The first-order chi connectivity index (χ1) is 9.47. The maximum atomic E-state index is 11.0. The molecular formula is C14H20ClN3O2. The van der Waals surface area contributed by atoms with Crippen LogP contribution in [0, 0.1) is 10.1 Å². The highest BCUT2D eigenvalue weighted by atomic mass is 35.5. The molecule has 6 heteroatoms. The molecule has 0 saturated carbocycles. The van der Waals surface area contributed by atoms with Crippen LogP contribution < -0.4 is 5.32 Å². The summed E-state index contributed by atoms with van der Waals surface area (Å²) in [5.41, 5.74) is 0.603. The molecule has 20 heavy (non-hydrogen) atoms. The summed E-state index contributed by atoms with van der Waals surface area (Å²) in [6.45, 7) is 6.42. The van der Waals surface area contributed by atoms with Crippen LogP contribution in [0.25, 0.3) is 0 Å². The number of nitro groups is 1. The van der Waals surface area contributed by atoms with Gasteiger partial charge in [0.15, 0.2) is 0 Å². The van der Waals surface area contributed by atoms with Crippen molar-refractivity contribution >= 4 is 23.0 Å². The quantitative estimate of drug-likeness (QED) is 0.682. The minimum Gasteiger partial charge on any atom is -0.377 e. The van der Waals surface area contributed by atoms with E-state index in [1.807, 2.05) is 0 Å². The third-order valence-electron chi connectivity index (χ3n) is 3.77. The topological polar surface area (TPSA) is 58.4 Å². The number of hydrogen-bond donors (Lipinski definition) is 1. The van der Waals surface area contributed by atoms with Crippen molar-refractivity contribution < 1.29 is 4.92 Å². The monoisotopic (exact) mass is 297 g/mol. The Morgan fingerprint density at radius 2 is 2.05 bits per heavy atom. The average Bonchev–Trinajstić information content (AvgIpc) is 2.39. The van der Waals surface area contributed by atoms with Gasteiger partial charge in [0.2, 0.25) is 0 Å². The molecule has 0 bridgehead atoms. The van der Waals surface area contributed by atoms with E-state index in [0.717, 1.165) is 25.9 Å². The number of nitro benzene ring substituents is 1. The Labute approximate surface area is 124 Å². The van der Waals surface area contributed by atoms with E-state index in [1.165, 1.54) is 6.07 Å². The van der Waals surface area contributed by atoms with Gasteiger partial charge in [0.25, 0.3) is 5.69 Å². The molecule has 2 rings (SSSR count). The molecular weight excluding hydrogens is 278 g/mol. The SMILES string of the molecule is CC(C)N1CCC(Nc2cc(Cl)ccc2[N+](=O)[O-])CC1. The molecule has 5 nitrogen and oxygen atoms in total. The number of likely N-dealkylation sites (tertiary alicyclic amines) is 1. The first-order valence-electron chi connectivity index (χ1n) is 6.92. The summed E-state index contributed by atoms with van der Waals surface area (Å²) in [6.07, 6.45) is 1.98. The molecule has 1 aliphatic rings. The van der Waals surface area contributed by atoms with Crippen LogP contribution in [0.1, 0.15) is 26.7 Å². The van der Waals surface area contributed by atoms with E-state index in [2.05, 4.69) is 24.1 Å². The molecule has 1 heterocycles. The van der Waals surface area contributed by atoms with Gasteiger partial charge in [-0.05, 0) is 38.8 Å². The summed E-state index contributed by atoms with van der Waals surface area (Å²) in [6, 6.07) is 5.45. The van der Waals surface area contributed by atoms with Gasteiger partial charge < -0.3 is 10.2 Å². The van der Waals surface area contributed by atoms with E-state index in [4.69, 9.17) is 11.6 Å². The van der Waals surface area contributed by atoms with Crippen LogP contribution in [0.2, 0.25) is 5.02 Å². The van der Waals surface area contributed by atoms with Gasteiger partial charge in [-0.15, -0.1) is 0 Å². The molecule has 0 radical (unpaired) electrons. The minimum absolute atomic E-state index is 0.0840. The maximum absolute atomic E-state index is 11.0. The third-order valence-corrected chi connectivity index (χ3v) is 4.01. The van der Waals surface area contributed by atoms with Gasteiger partial charge in [-0.25, -0.2) is 0 Å². The number of nitrogens with zero attached hydrogens (tertiary/aromatic N) is 2. The Morgan fingerprint density at radius 1 is 1.40 bits per heavy atom. The molecule has 1 N–H and O–H groups in total. The number of nitrogens with one attached hydrogen (secondary N) is 1. The number of piperidine rings is 1. The standard InChI is InChI=1S/C14H20ClN3O2/c1-10(2)17-7-5-12(6-8-17)16-13-9-11(15)3-4-14(13)18(19)20/h3-4,9-10,12,16H,5-8H2,1-2H3. The van der Waals surface area contributed by atoms with Gasteiger partial charge >= 0.3 is 0 Å². The second-order valence-electron chi connectivity index (χ2n) is 5.47. The van der Waals surface area contributed by atoms with Crippen LogP contribution in [0.5, 0.6) is 0 Å². The Morgan fingerprint density at radius 3 is 2.60 bits per heavy atom. The normalized spacial score (nSPS) is 17.4. The highest BCUT2D eigenvalue weighted by Gasteiger charge is 2.23. The zero-order valence-corrected chi connectivity index (χ0v) is 12.6. The number of halogens is 1. The third kappa shape index (κ3) is 3.61. The summed E-state index contributed by atoms with van der Waals surface area (Å²) in [7, 11) is 0. The summed E-state index contributed by atoms with van der Waals surface area (Å²) < 4.78 is 0. The Bertz CT molecular complexity index is 485. The van der Waals surface area contributed by atoms with Crippen molar-refractivity contribution in [1.29, 1.82) is 0 Å². The fourth-order valence-corrected chi connectivity index (χ4v) is 2.74. The minimum atomic E-state index is -0.373. The largest absolute Gasteiger partial charge is 0.377 e. The first-order valence-corrected chi connectivity index (χ1v) is 7.29. The van der Waals surface area contributed by atoms with E-state index in [-0.39, 0.29) is 16.7 Å². The summed E-state index contributed by atoms with van der Waals surface area (Å²) in [4.78, 5) is 13.1. The molecule has 0 aromatic heterocycles. The zero-order valence-electron chi connectivity index (χ0n) is 11.8. The van der Waals surface area contributed by atoms with Gasteiger partial charge in [0.05, 0.1) is 4.92 Å². The van der Waals surface area contributed by atoms with E-state index < -0.39 is 0 Å².